The van der Waals surface area contributed by atoms with Gasteiger partial charge < -0.3 is 10.4 Å². The maximum absolute atomic E-state index is 10.9. The van der Waals surface area contributed by atoms with Crippen LogP contribution in [0.4, 0.5) is 0 Å². The second kappa shape index (κ2) is 2.86. The van der Waals surface area contributed by atoms with Gasteiger partial charge in [-0.2, -0.15) is 0 Å². The molecule has 13 heavy (non-hydrogen) atoms. The summed E-state index contributed by atoms with van der Waals surface area (Å²) in [6.45, 7) is 7.86. The topological polar surface area (TPSA) is 49.3 Å². The zero-order valence-electron chi connectivity index (χ0n) is 8.43. The van der Waals surface area contributed by atoms with Gasteiger partial charge in [0.15, 0.2) is 5.60 Å². The lowest BCUT2D eigenvalue weighted by Crippen LogP contribution is -2.70. The van der Waals surface area contributed by atoms with E-state index in [9.17, 15) is 9.90 Å². The van der Waals surface area contributed by atoms with Crippen molar-refractivity contribution in [2.45, 2.75) is 38.2 Å². The lowest BCUT2D eigenvalue weighted by molar-refractivity contribution is -0.153. The molecule has 1 rings (SSSR count). The zero-order chi connectivity index (χ0) is 10.3. The minimum atomic E-state index is -1.41. The van der Waals surface area contributed by atoms with Gasteiger partial charge >= 0.3 is 0 Å². The van der Waals surface area contributed by atoms with Crippen LogP contribution in [0.3, 0.4) is 0 Å². The number of hydrogen-bond acceptors (Lipinski definition) is 2. The summed E-state index contributed by atoms with van der Waals surface area (Å²) in [5, 5.41) is 12.1. The van der Waals surface area contributed by atoms with Crippen LogP contribution in [0.25, 0.3) is 0 Å². The van der Waals surface area contributed by atoms with E-state index in [1.807, 2.05) is 0 Å². The molecule has 0 aliphatic carbocycles. The fraction of sp³-hybridized carbons (Fsp3) is 0.667. The monoisotopic (exact) mass is 197 g/mol. The van der Waals surface area contributed by atoms with Crippen molar-refractivity contribution in [1.29, 1.82) is 0 Å². The minimum Gasteiger partial charge on any atom is -0.377 e. The molecule has 0 radical (unpaired) electrons. The highest BCUT2D eigenvalue weighted by Gasteiger charge is 2.49. The van der Waals surface area contributed by atoms with Crippen molar-refractivity contribution in [2.24, 2.45) is 0 Å². The first kappa shape index (κ1) is 10.3. The Bertz CT molecular complexity index is 293. The van der Waals surface area contributed by atoms with Crippen LogP contribution in [0, 0.1) is 11.5 Å². The van der Waals surface area contributed by atoms with E-state index < -0.39 is 13.7 Å². The maximum atomic E-state index is 10.9. The molecule has 2 N–H and O–H groups in total. The highest BCUT2D eigenvalue weighted by molar-refractivity contribution is 6.83. The van der Waals surface area contributed by atoms with Gasteiger partial charge in [-0.25, -0.2) is 0 Å². The number of aliphatic hydroxyl groups is 1. The summed E-state index contributed by atoms with van der Waals surface area (Å²) in [5.74, 6) is 2.58. The Balaban J connectivity index is 2.68. The Hall–Kier alpha value is -0.793. The van der Waals surface area contributed by atoms with Crippen LogP contribution in [0.2, 0.25) is 19.6 Å². The van der Waals surface area contributed by atoms with Gasteiger partial charge in [0, 0.05) is 0 Å². The average molecular weight is 197 g/mol. The molecule has 2 unspecified atom stereocenters. The molecule has 1 fully saturated rings. The van der Waals surface area contributed by atoms with Crippen molar-refractivity contribution < 1.29 is 9.90 Å². The molecule has 0 saturated carbocycles. The predicted molar refractivity (Wildman–Crippen MR) is 53.7 cm³/mol. The van der Waals surface area contributed by atoms with Gasteiger partial charge in [-0.05, 0) is 6.92 Å². The lowest BCUT2D eigenvalue weighted by atomic mass is 9.88. The van der Waals surface area contributed by atoms with E-state index in [-0.39, 0.29) is 11.9 Å². The Kier molecular flexibility index (Phi) is 2.26. The molecule has 3 nitrogen and oxygen atoms in total. The van der Waals surface area contributed by atoms with E-state index in [0.717, 1.165) is 0 Å². The van der Waals surface area contributed by atoms with Gasteiger partial charge in [-0.15, -0.1) is 5.54 Å². The molecule has 0 spiro atoms. The van der Waals surface area contributed by atoms with E-state index in [4.69, 9.17) is 0 Å². The van der Waals surface area contributed by atoms with E-state index in [2.05, 4.69) is 36.4 Å². The fourth-order valence-electron chi connectivity index (χ4n) is 0.936. The van der Waals surface area contributed by atoms with Gasteiger partial charge in [0.2, 0.25) is 0 Å². The number of β-lactam (4-membered cyclic amide) rings is 1. The Morgan fingerprint density at radius 2 is 2.08 bits per heavy atom. The van der Waals surface area contributed by atoms with Crippen molar-refractivity contribution in [2.75, 3.05) is 0 Å². The minimum absolute atomic E-state index is 0.331. The quantitative estimate of drug-likeness (QED) is 0.329. The van der Waals surface area contributed by atoms with Crippen LogP contribution in [-0.2, 0) is 4.79 Å². The molecule has 1 aliphatic rings. The Labute approximate surface area is 79.5 Å². The first-order valence-electron chi connectivity index (χ1n) is 4.29. The molecule has 0 aromatic heterocycles. The second-order valence-corrected chi connectivity index (χ2v) is 9.32. The van der Waals surface area contributed by atoms with Crippen LogP contribution < -0.4 is 5.32 Å². The predicted octanol–water partition coefficient (Wildman–Crippen LogP) is 0.117. The van der Waals surface area contributed by atoms with E-state index in [1.165, 1.54) is 6.92 Å². The van der Waals surface area contributed by atoms with E-state index in [1.54, 1.807) is 0 Å². The molecule has 0 bridgehead atoms. The van der Waals surface area contributed by atoms with Crippen LogP contribution in [-0.4, -0.2) is 30.7 Å². The normalized spacial score (nSPS) is 32.7. The fourth-order valence-corrected chi connectivity index (χ4v) is 1.51. The summed E-state index contributed by atoms with van der Waals surface area (Å²) in [4.78, 5) is 10.9. The van der Waals surface area contributed by atoms with Crippen LogP contribution in [0.1, 0.15) is 6.92 Å². The third kappa shape index (κ3) is 2.11. The van der Waals surface area contributed by atoms with Gasteiger partial charge in [-0.1, -0.05) is 25.6 Å². The number of rotatable bonds is 0. The summed E-state index contributed by atoms with van der Waals surface area (Å²) < 4.78 is 0. The van der Waals surface area contributed by atoms with Crippen LogP contribution in [0.15, 0.2) is 0 Å². The third-order valence-corrected chi connectivity index (χ3v) is 2.78. The number of carbonyl (C=O) groups excluding carboxylic acids is 1. The van der Waals surface area contributed by atoms with Gasteiger partial charge in [0.1, 0.15) is 14.1 Å². The van der Waals surface area contributed by atoms with Crippen LogP contribution in [0.5, 0.6) is 0 Å². The van der Waals surface area contributed by atoms with Crippen molar-refractivity contribution >= 4 is 14.0 Å². The van der Waals surface area contributed by atoms with E-state index in [0.29, 0.717) is 0 Å². The standard InChI is InChI=1S/C9H15NO2Si/c1-9(12)7(10-8(9)11)5-6-13(2,3)4/h7,12H,1-4H3,(H,10,11). The maximum Gasteiger partial charge on any atom is 0.255 e. The summed E-state index contributed by atoms with van der Waals surface area (Å²) in [6, 6.07) is -0.383. The molecule has 0 aromatic carbocycles. The molecule has 72 valence electrons. The number of amides is 1. The van der Waals surface area contributed by atoms with Crippen LogP contribution >= 0.6 is 0 Å². The number of hydrogen-bond donors (Lipinski definition) is 2. The largest absolute Gasteiger partial charge is 0.377 e. The van der Waals surface area contributed by atoms with Gasteiger partial charge in [-0.3, -0.25) is 4.79 Å². The highest BCUT2D eigenvalue weighted by atomic mass is 28.3. The average Bonchev–Trinajstić information content (AvgIpc) is 1.95. The Morgan fingerprint density at radius 3 is 2.38 bits per heavy atom. The highest BCUT2D eigenvalue weighted by Crippen LogP contribution is 2.19. The first-order chi connectivity index (χ1) is 5.73. The molecular formula is C9H15NO2Si. The van der Waals surface area contributed by atoms with Crippen molar-refractivity contribution in [3.63, 3.8) is 0 Å². The first-order valence-corrected chi connectivity index (χ1v) is 7.79. The molecule has 1 amide bonds. The third-order valence-electron chi connectivity index (χ3n) is 1.89. The van der Waals surface area contributed by atoms with Gasteiger partial charge in [0.05, 0.1) is 0 Å². The molecule has 0 aromatic rings. The molecule has 1 heterocycles. The number of nitrogens with one attached hydrogen (secondary N) is 1. The smallest absolute Gasteiger partial charge is 0.255 e. The van der Waals surface area contributed by atoms with Crippen molar-refractivity contribution in [3.05, 3.63) is 0 Å². The molecule has 1 saturated heterocycles. The summed E-state index contributed by atoms with van der Waals surface area (Å²) in [7, 11) is -1.41. The van der Waals surface area contributed by atoms with Crippen molar-refractivity contribution in [1.82, 2.24) is 5.32 Å². The SMILES string of the molecule is CC1(O)C(=O)NC1C#C[Si](C)(C)C. The molecule has 4 heteroatoms. The van der Waals surface area contributed by atoms with Gasteiger partial charge in [0.25, 0.3) is 5.91 Å². The lowest BCUT2D eigenvalue weighted by Gasteiger charge is -2.38. The summed E-state index contributed by atoms with van der Waals surface area (Å²) in [5.41, 5.74) is 1.83. The molecular weight excluding hydrogens is 182 g/mol. The van der Waals surface area contributed by atoms with E-state index >= 15 is 0 Å². The Morgan fingerprint density at radius 1 is 1.54 bits per heavy atom. The zero-order valence-corrected chi connectivity index (χ0v) is 9.43. The van der Waals surface area contributed by atoms with Crippen molar-refractivity contribution in [3.8, 4) is 11.5 Å². The second-order valence-electron chi connectivity index (χ2n) is 4.57. The molecule has 2 atom stereocenters. The molecule has 1 aliphatic heterocycles. The number of carbonyl (C=O) groups is 1. The summed E-state index contributed by atoms with van der Waals surface area (Å²) >= 11 is 0. The summed E-state index contributed by atoms with van der Waals surface area (Å²) in [6.07, 6.45) is 0.